The molecule has 0 radical (unpaired) electrons. The van der Waals surface area contributed by atoms with Crippen LogP contribution in [-0.2, 0) is 0 Å². The molecule has 1 heterocycles. The fourth-order valence-electron chi connectivity index (χ4n) is 1.36. The van der Waals surface area contributed by atoms with Crippen LogP contribution in [0.1, 0.15) is 10.4 Å². The minimum Gasteiger partial charge on any atom is -0.505 e. The molecule has 6 heteroatoms. The number of carbonyl (C=O) groups excluding carboxylic acids is 1. The highest BCUT2D eigenvalue weighted by Crippen LogP contribution is 2.22. The summed E-state index contributed by atoms with van der Waals surface area (Å²) in [6.45, 7) is 0. The van der Waals surface area contributed by atoms with Gasteiger partial charge >= 0.3 is 0 Å². The zero-order valence-electron chi connectivity index (χ0n) is 9.02. The van der Waals surface area contributed by atoms with E-state index < -0.39 is 11.7 Å². The normalized spacial score (nSPS) is 10.1. The van der Waals surface area contributed by atoms with Crippen molar-refractivity contribution < 1.29 is 14.3 Å². The van der Waals surface area contributed by atoms with Crippen LogP contribution in [0.5, 0.6) is 5.75 Å². The summed E-state index contributed by atoms with van der Waals surface area (Å²) in [5.41, 5.74) is 0.0648. The highest BCUT2D eigenvalue weighted by atomic mass is 79.9. The highest BCUT2D eigenvalue weighted by Gasteiger charge is 2.13. The number of carbonyl (C=O) groups is 1. The molecule has 2 aromatic rings. The average molecular weight is 311 g/mol. The van der Waals surface area contributed by atoms with Crippen molar-refractivity contribution in [2.75, 3.05) is 5.32 Å². The molecular formula is C12H8BrFN2O2. The van der Waals surface area contributed by atoms with E-state index in [0.717, 1.165) is 6.20 Å². The average Bonchev–Trinajstić information content (AvgIpc) is 2.34. The van der Waals surface area contributed by atoms with Crippen LogP contribution in [0.3, 0.4) is 0 Å². The second-order valence-electron chi connectivity index (χ2n) is 3.47. The smallest absolute Gasteiger partial charge is 0.259 e. The maximum absolute atomic E-state index is 13.4. The third kappa shape index (κ3) is 2.65. The largest absolute Gasteiger partial charge is 0.505 e. The second kappa shape index (κ2) is 5.14. The summed E-state index contributed by atoms with van der Waals surface area (Å²) in [7, 11) is 0. The standard InChI is InChI=1S/C12H8BrFN2O2/c13-7-1-2-9(14)10(5-7)16-12(18)8-3-4-15-6-11(8)17/h1-6,17H,(H,16,18). The van der Waals surface area contributed by atoms with E-state index in [-0.39, 0.29) is 17.0 Å². The molecule has 0 saturated heterocycles. The number of hydrogen-bond donors (Lipinski definition) is 2. The van der Waals surface area contributed by atoms with E-state index >= 15 is 0 Å². The first-order valence-electron chi connectivity index (χ1n) is 4.97. The monoisotopic (exact) mass is 310 g/mol. The van der Waals surface area contributed by atoms with E-state index in [1.165, 1.54) is 30.5 Å². The number of hydrogen-bond acceptors (Lipinski definition) is 3. The SMILES string of the molecule is O=C(Nc1cc(Br)ccc1F)c1ccncc1O. The molecule has 1 aromatic heterocycles. The highest BCUT2D eigenvalue weighted by molar-refractivity contribution is 9.10. The molecule has 0 saturated carbocycles. The Kier molecular flexibility index (Phi) is 3.57. The van der Waals surface area contributed by atoms with Crippen molar-refractivity contribution in [3.05, 3.63) is 52.5 Å². The van der Waals surface area contributed by atoms with Crippen molar-refractivity contribution >= 4 is 27.5 Å². The maximum atomic E-state index is 13.4. The lowest BCUT2D eigenvalue weighted by Crippen LogP contribution is -2.13. The van der Waals surface area contributed by atoms with Gasteiger partial charge in [0.25, 0.3) is 5.91 Å². The van der Waals surface area contributed by atoms with Gasteiger partial charge in [-0.25, -0.2) is 4.39 Å². The van der Waals surface area contributed by atoms with E-state index in [9.17, 15) is 14.3 Å². The van der Waals surface area contributed by atoms with Crippen LogP contribution in [0.15, 0.2) is 41.1 Å². The van der Waals surface area contributed by atoms with Gasteiger partial charge in [-0.15, -0.1) is 0 Å². The molecule has 0 bridgehead atoms. The van der Waals surface area contributed by atoms with E-state index in [4.69, 9.17) is 0 Å². The summed E-state index contributed by atoms with van der Waals surface area (Å²) in [4.78, 5) is 15.5. The molecule has 18 heavy (non-hydrogen) atoms. The molecule has 2 rings (SSSR count). The molecule has 0 atom stereocenters. The Balaban J connectivity index is 2.27. The Labute approximate surface area is 111 Å². The van der Waals surface area contributed by atoms with Crippen LogP contribution in [0.25, 0.3) is 0 Å². The van der Waals surface area contributed by atoms with E-state index in [1.807, 2.05) is 0 Å². The van der Waals surface area contributed by atoms with Crippen molar-refractivity contribution in [2.45, 2.75) is 0 Å². The van der Waals surface area contributed by atoms with Gasteiger partial charge in [-0.1, -0.05) is 15.9 Å². The van der Waals surface area contributed by atoms with Gasteiger partial charge in [0, 0.05) is 10.7 Å². The van der Waals surface area contributed by atoms with E-state index in [2.05, 4.69) is 26.2 Å². The summed E-state index contributed by atoms with van der Waals surface area (Å²) in [5, 5.41) is 11.8. The summed E-state index contributed by atoms with van der Waals surface area (Å²) >= 11 is 3.18. The van der Waals surface area contributed by atoms with Crippen molar-refractivity contribution in [2.24, 2.45) is 0 Å². The lowest BCUT2D eigenvalue weighted by Gasteiger charge is -2.07. The van der Waals surface area contributed by atoms with Gasteiger partial charge in [-0.2, -0.15) is 0 Å². The lowest BCUT2D eigenvalue weighted by atomic mass is 10.2. The van der Waals surface area contributed by atoms with Crippen LogP contribution >= 0.6 is 15.9 Å². The molecule has 0 spiro atoms. The van der Waals surface area contributed by atoms with Crippen molar-refractivity contribution in [3.8, 4) is 5.75 Å². The minimum absolute atomic E-state index is 0.0318. The molecule has 0 aliphatic heterocycles. The molecule has 2 N–H and O–H groups in total. The first-order valence-corrected chi connectivity index (χ1v) is 5.76. The number of amides is 1. The van der Waals surface area contributed by atoms with Crippen LogP contribution in [0.4, 0.5) is 10.1 Å². The molecule has 4 nitrogen and oxygen atoms in total. The van der Waals surface area contributed by atoms with Gasteiger partial charge in [0.05, 0.1) is 17.4 Å². The number of nitrogens with one attached hydrogen (secondary N) is 1. The Morgan fingerprint density at radius 1 is 1.39 bits per heavy atom. The Morgan fingerprint density at radius 2 is 2.17 bits per heavy atom. The summed E-state index contributed by atoms with van der Waals surface area (Å²) in [5.74, 6) is -1.42. The van der Waals surface area contributed by atoms with E-state index in [1.54, 1.807) is 0 Å². The molecule has 0 aliphatic carbocycles. The first-order chi connectivity index (χ1) is 8.58. The van der Waals surface area contributed by atoms with Crippen molar-refractivity contribution in [1.82, 2.24) is 4.98 Å². The summed E-state index contributed by atoms with van der Waals surface area (Å²) in [6.07, 6.45) is 2.51. The Bertz CT molecular complexity index is 604. The first kappa shape index (κ1) is 12.5. The number of aromatic hydroxyl groups is 1. The van der Waals surface area contributed by atoms with E-state index in [0.29, 0.717) is 4.47 Å². The summed E-state index contributed by atoms with van der Waals surface area (Å²) in [6, 6.07) is 5.53. The Morgan fingerprint density at radius 3 is 2.89 bits per heavy atom. The number of halogens is 2. The number of pyridine rings is 1. The number of benzene rings is 1. The molecule has 0 aliphatic rings. The number of aromatic nitrogens is 1. The topological polar surface area (TPSA) is 62.2 Å². The van der Waals surface area contributed by atoms with Gasteiger partial charge in [0.2, 0.25) is 0 Å². The van der Waals surface area contributed by atoms with Gasteiger partial charge in [-0.3, -0.25) is 9.78 Å². The second-order valence-corrected chi connectivity index (χ2v) is 4.39. The molecule has 1 amide bonds. The number of anilines is 1. The third-order valence-corrected chi connectivity index (χ3v) is 2.71. The molecule has 1 aromatic carbocycles. The molecule has 92 valence electrons. The van der Waals surface area contributed by atoms with Gasteiger partial charge in [0.1, 0.15) is 11.6 Å². The molecule has 0 unspecified atom stereocenters. The zero-order valence-corrected chi connectivity index (χ0v) is 10.6. The third-order valence-electron chi connectivity index (χ3n) is 2.22. The number of nitrogens with zero attached hydrogens (tertiary/aromatic N) is 1. The predicted molar refractivity (Wildman–Crippen MR) is 68.0 cm³/mol. The van der Waals surface area contributed by atoms with Crippen molar-refractivity contribution in [3.63, 3.8) is 0 Å². The van der Waals surface area contributed by atoms with Crippen molar-refractivity contribution in [1.29, 1.82) is 0 Å². The van der Waals surface area contributed by atoms with Gasteiger partial charge < -0.3 is 10.4 Å². The van der Waals surface area contributed by atoms with Crippen LogP contribution in [-0.4, -0.2) is 16.0 Å². The lowest BCUT2D eigenvalue weighted by molar-refractivity contribution is 0.102. The fraction of sp³-hybridized carbons (Fsp3) is 0. The fourth-order valence-corrected chi connectivity index (χ4v) is 1.72. The zero-order chi connectivity index (χ0) is 13.1. The predicted octanol–water partition coefficient (Wildman–Crippen LogP) is 2.94. The minimum atomic E-state index is -0.605. The molecule has 0 fully saturated rings. The number of rotatable bonds is 2. The Hall–Kier alpha value is -1.95. The van der Waals surface area contributed by atoms with Crippen LogP contribution in [0.2, 0.25) is 0 Å². The molecular weight excluding hydrogens is 303 g/mol. The van der Waals surface area contributed by atoms with Gasteiger partial charge in [-0.05, 0) is 24.3 Å². The summed E-state index contributed by atoms with van der Waals surface area (Å²) < 4.78 is 14.1. The van der Waals surface area contributed by atoms with Crippen LogP contribution < -0.4 is 5.32 Å². The maximum Gasteiger partial charge on any atom is 0.259 e. The van der Waals surface area contributed by atoms with Crippen LogP contribution in [0, 0.1) is 5.82 Å². The van der Waals surface area contributed by atoms with Gasteiger partial charge in [0.15, 0.2) is 0 Å². The quantitative estimate of drug-likeness (QED) is 0.896.